The maximum Gasteiger partial charge on any atom is 0.237 e. The highest BCUT2D eigenvalue weighted by atomic mass is 31.2. The lowest BCUT2D eigenvalue weighted by Gasteiger charge is -2.26. The molecule has 0 saturated heterocycles. The van der Waals surface area contributed by atoms with Gasteiger partial charge in [-0.3, -0.25) is 4.57 Å². The molecule has 0 atom stereocenters. The third kappa shape index (κ3) is 1.69. The number of rotatable bonds is 3. The Kier molecular flexibility index (Phi) is 3.29. The summed E-state index contributed by atoms with van der Waals surface area (Å²) in [6, 6.07) is 0. The van der Waals surface area contributed by atoms with Gasteiger partial charge in [-0.05, 0) is 34.0 Å². The fraction of sp³-hybridized carbons (Fsp3) is 0.667. The normalized spacial score (nSPS) is 12.6. The summed E-state index contributed by atoms with van der Waals surface area (Å²) in [5, 5.41) is 0. The van der Waals surface area contributed by atoms with Gasteiger partial charge in [-0.2, -0.15) is 0 Å². The van der Waals surface area contributed by atoms with Crippen molar-refractivity contribution >= 4 is 7.44 Å². The van der Waals surface area contributed by atoms with Crippen LogP contribution in [-0.2, 0) is 4.57 Å². The van der Waals surface area contributed by atoms with Gasteiger partial charge in [-0.25, -0.2) is 9.34 Å². The molecule has 10 heavy (non-hydrogen) atoms. The summed E-state index contributed by atoms with van der Waals surface area (Å²) in [5.41, 5.74) is 0. The SMILES string of the molecule is C=CP(=O)(N(C)C)N(C)C. The van der Waals surface area contributed by atoms with E-state index in [1.165, 1.54) is 5.82 Å². The van der Waals surface area contributed by atoms with Crippen molar-refractivity contribution in [1.82, 2.24) is 9.34 Å². The highest BCUT2D eigenvalue weighted by Crippen LogP contribution is 2.49. The molecule has 0 N–H and O–H groups in total. The monoisotopic (exact) mass is 162 g/mol. The quantitative estimate of drug-likeness (QED) is 0.587. The lowest BCUT2D eigenvalue weighted by atomic mass is 11.2. The maximum atomic E-state index is 11.7. The zero-order valence-corrected chi connectivity index (χ0v) is 7.93. The van der Waals surface area contributed by atoms with Crippen LogP contribution in [0.25, 0.3) is 0 Å². The minimum absolute atomic E-state index is 1.49. The Morgan fingerprint density at radius 2 is 1.50 bits per heavy atom. The van der Waals surface area contributed by atoms with E-state index in [1.54, 1.807) is 37.5 Å². The van der Waals surface area contributed by atoms with E-state index in [1.807, 2.05) is 0 Å². The third-order valence-electron chi connectivity index (χ3n) is 1.38. The van der Waals surface area contributed by atoms with E-state index < -0.39 is 7.44 Å². The van der Waals surface area contributed by atoms with Crippen LogP contribution in [0, 0.1) is 0 Å². The Morgan fingerprint density at radius 3 is 1.50 bits per heavy atom. The van der Waals surface area contributed by atoms with Crippen LogP contribution in [0.3, 0.4) is 0 Å². The van der Waals surface area contributed by atoms with Crippen LogP contribution in [0.15, 0.2) is 12.4 Å². The summed E-state index contributed by atoms with van der Waals surface area (Å²) >= 11 is 0. The number of nitrogens with zero attached hydrogens (tertiary/aromatic N) is 2. The molecule has 3 nitrogen and oxygen atoms in total. The van der Waals surface area contributed by atoms with Crippen molar-refractivity contribution in [2.45, 2.75) is 0 Å². The standard InChI is InChI=1S/C6H15N2OP/c1-6-10(9,7(2)3)8(4)5/h6H,1H2,2-5H3. The van der Waals surface area contributed by atoms with Gasteiger partial charge < -0.3 is 0 Å². The fourth-order valence-corrected chi connectivity index (χ4v) is 2.05. The highest BCUT2D eigenvalue weighted by Gasteiger charge is 2.22. The van der Waals surface area contributed by atoms with Crippen LogP contribution < -0.4 is 0 Å². The molecule has 0 aliphatic heterocycles. The van der Waals surface area contributed by atoms with Crippen LogP contribution in [0.5, 0.6) is 0 Å². The maximum absolute atomic E-state index is 11.7. The zero-order chi connectivity index (χ0) is 8.36. The van der Waals surface area contributed by atoms with Gasteiger partial charge in [0.1, 0.15) is 0 Å². The molecule has 0 spiro atoms. The second-order valence-electron chi connectivity index (χ2n) is 2.47. The summed E-state index contributed by atoms with van der Waals surface area (Å²) in [6.07, 6.45) is 0. The molecule has 0 aromatic carbocycles. The van der Waals surface area contributed by atoms with Gasteiger partial charge in [0.15, 0.2) is 0 Å². The molecular weight excluding hydrogens is 147 g/mol. The van der Waals surface area contributed by atoms with E-state index >= 15 is 0 Å². The van der Waals surface area contributed by atoms with Crippen LogP contribution in [0.2, 0.25) is 0 Å². The Hall–Kier alpha value is -0.110. The van der Waals surface area contributed by atoms with Crippen LogP contribution >= 0.6 is 7.44 Å². The van der Waals surface area contributed by atoms with E-state index in [2.05, 4.69) is 6.58 Å². The van der Waals surface area contributed by atoms with Crippen molar-refractivity contribution in [1.29, 1.82) is 0 Å². The molecule has 0 heterocycles. The Balaban J connectivity index is 4.57. The van der Waals surface area contributed by atoms with Gasteiger partial charge >= 0.3 is 0 Å². The molecule has 0 unspecified atom stereocenters. The van der Waals surface area contributed by atoms with Gasteiger partial charge in [0.2, 0.25) is 7.44 Å². The van der Waals surface area contributed by atoms with Gasteiger partial charge in [-0.15, -0.1) is 0 Å². The molecule has 0 aromatic rings. The molecule has 0 saturated carbocycles. The van der Waals surface area contributed by atoms with E-state index in [0.29, 0.717) is 0 Å². The van der Waals surface area contributed by atoms with Gasteiger partial charge in [0, 0.05) is 0 Å². The van der Waals surface area contributed by atoms with E-state index in [4.69, 9.17) is 0 Å². The molecule has 0 amide bonds. The molecular formula is C6H15N2OP. The van der Waals surface area contributed by atoms with Crippen molar-refractivity contribution in [3.8, 4) is 0 Å². The first-order valence-corrected chi connectivity index (χ1v) is 4.72. The molecule has 0 bridgehead atoms. The van der Waals surface area contributed by atoms with Crippen LogP contribution in [0.1, 0.15) is 0 Å². The second-order valence-corrected chi connectivity index (χ2v) is 5.61. The lowest BCUT2D eigenvalue weighted by molar-refractivity contribution is 0.459. The molecule has 0 fully saturated rings. The number of hydrogen-bond donors (Lipinski definition) is 0. The topological polar surface area (TPSA) is 23.6 Å². The summed E-state index contributed by atoms with van der Waals surface area (Å²) < 4.78 is 15.1. The van der Waals surface area contributed by atoms with Gasteiger partial charge in [0.05, 0.1) is 0 Å². The molecule has 0 aromatic heterocycles. The minimum Gasteiger partial charge on any atom is -0.284 e. The van der Waals surface area contributed by atoms with E-state index in [0.717, 1.165) is 0 Å². The van der Waals surface area contributed by atoms with Gasteiger partial charge in [-0.1, -0.05) is 6.58 Å². The summed E-state index contributed by atoms with van der Waals surface area (Å²) in [5.74, 6) is 1.49. The van der Waals surface area contributed by atoms with E-state index in [9.17, 15) is 4.57 Å². The molecule has 4 heteroatoms. The summed E-state index contributed by atoms with van der Waals surface area (Å²) in [6.45, 7) is 3.53. The van der Waals surface area contributed by atoms with Crippen molar-refractivity contribution in [3.63, 3.8) is 0 Å². The zero-order valence-electron chi connectivity index (χ0n) is 7.03. The average molecular weight is 162 g/mol. The second kappa shape index (κ2) is 3.33. The summed E-state index contributed by atoms with van der Waals surface area (Å²) in [4.78, 5) is 0. The van der Waals surface area contributed by atoms with Crippen molar-refractivity contribution in [3.05, 3.63) is 12.4 Å². The van der Waals surface area contributed by atoms with Crippen molar-refractivity contribution in [2.24, 2.45) is 0 Å². The fourth-order valence-electron chi connectivity index (χ4n) is 0.684. The first-order chi connectivity index (χ1) is 4.45. The van der Waals surface area contributed by atoms with E-state index in [-0.39, 0.29) is 0 Å². The van der Waals surface area contributed by atoms with Crippen molar-refractivity contribution in [2.75, 3.05) is 28.2 Å². The lowest BCUT2D eigenvalue weighted by Crippen LogP contribution is -2.18. The largest absolute Gasteiger partial charge is 0.284 e. The minimum atomic E-state index is -2.41. The molecule has 0 radical (unpaired) electrons. The molecule has 0 aliphatic carbocycles. The van der Waals surface area contributed by atoms with Crippen LogP contribution in [-0.4, -0.2) is 37.5 Å². The number of hydrogen-bond acceptors (Lipinski definition) is 1. The predicted molar refractivity (Wildman–Crippen MR) is 45.2 cm³/mol. The Morgan fingerprint density at radius 1 is 1.20 bits per heavy atom. The highest BCUT2D eigenvalue weighted by molar-refractivity contribution is 7.62. The first kappa shape index (κ1) is 9.89. The van der Waals surface area contributed by atoms with Crippen molar-refractivity contribution < 1.29 is 4.57 Å². The average Bonchev–Trinajstić information content (AvgIpc) is 1.85. The first-order valence-electron chi connectivity index (χ1n) is 3.04. The molecule has 0 rings (SSSR count). The third-order valence-corrected chi connectivity index (χ3v) is 4.15. The smallest absolute Gasteiger partial charge is 0.237 e. The molecule has 0 aliphatic rings. The Bertz CT molecular complexity index is 153. The predicted octanol–water partition coefficient (Wildman–Crippen LogP) is 1.45. The Labute approximate surface area is 62.8 Å². The van der Waals surface area contributed by atoms with Gasteiger partial charge in [0.25, 0.3) is 0 Å². The summed E-state index contributed by atoms with van der Waals surface area (Å²) in [7, 11) is 4.71. The molecule has 60 valence electrons. The van der Waals surface area contributed by atoms with Crippen LogP contribution in [0.4, 0.5) is 0 Å².